The van der Waals surface area contributed by atoms with Crippen LogP contribution in [0.3, 0.4) is 0 Å². The Labute approximate surface area is 164 Å². The number of allylic oxidation sites excluding steroid dienone is 1. The van der Waals surface area contributed by atoms with Crippen molar-refractivity contribution in [2.24, 2.45) is 5.41 Å². The zero-order valence-electron chi connectivity index (χ0n) is 17.1. The number of hydrogen-bond acceptors (Lipinski definition) is 0. The van der Waals surface area contributed by atoms with Crippen molar-refractivity contribution < 1.29 is 4.48 Å². The van der Waals surface area contributed by atoms with Crippen molar-refractivity contribution in [2.75, 3.05) is 0 Å². The second-order valence-electron chi connectivity index (χ2n) is 10.3. The van der Waals surface area contributed by atoms with Crippen molar-refractivity contribution in [1.29, 1.82) is 0 Å². The highest BCUT2D eigenvalue weighted by molar-refractivity contribution is 6.93. The monoisotopic (exact) mass is 357 g/mol. The van der Waals surface area contributed by atoms with E-state index < -0.39 is 6.28 Å². The minimum atomic E-state index is -0.751. The van der Waals surface area contributed by atoms with Crippen LogP contribution in [0.5, 0.6) is 0 Å². The molecular formula is C25H32BN. The summed E-state index contributed by atoms with van der Waals surface area (Å²) in [6.07, 6.45) is 12.8. The van der Waals surface area contributed by atoms with Crippen LogP contribution in [-0.4, -0.2) is 6.28 Å². The van der Waals surface area contributed by atoms with E-state index in [9.17, 15) is 0 Å². The smallest absolute Gasteiger partial charge is 0.311 e. The molecule has 0 atom stereocenters. The zero-order valence-corrected chi connectivity index (χ0v) is 17.1. The molecule has 0 N–H and O–H groups in total. The van der Waals surface area contributed by atoms with Gasteiger partial charge in [-0.25, -0.2) is 0 Å². The highest BCUT2D eigenvalue weighted by Crippen LogP contribution is 2.58. The second kappa shape index (κ2) is 6.09. The van der Waals surface area contributed by atoms with Gasteiger partial charge < -0.3 is 4.48 Å². The summed E-state index contributed by atoms with van der Waals surface area (Å²) < 4.78 is 2.77. The Bertz CT molecular complexity index is 883. The van der Waals surface area contributed by atoms with Crippen molar-refractivity contribution in [3.8, 4) is 11.3 Å². The fourth-order valence-electron chi connectivity index (χ4n) is 7.03. The van der Waals surface area contributed by atoms with Gasteiger partial charge in [-0.1, -0.05) is 95.2 Å². The minimum Gasteiger partial charge on any atom is -0.415 e. The summed E-state index contributed by atoms with van der Waals surface area (Å²) in [6.45, 7) is 7.11. The molecule has 2 fully saturated rings. The van der Waals surface area contributed by atoms with E-state index in [0.29, 0.717) is 0 Å². The van der Waals surface area contributed by atoms with Crippen LogP contribution < -0.4 is 4.48 Å². The maximum atomic E-state index is 2.77. The van der Waals surface area contributed by atoms with Crippen molar-refractivity contribution in [3.63, 3.8) is 0 Å². The van der Waals surface area contributed by atoms with Crippen LogP contribution in [-0.2, 0) is 0 Å². The highest BCUT2D eigenvalue weighted by atomic mass is 14.9. The lowest BCUT2D eigenvalue weighted by molar-refractivity contribution is -0.538. The van der Waals surface area contributed by atoms with Gasteiger partial charge in [0.1, 0.15) is 6.20 Å². The van der Waals surface area contributed by atoms with Crippen molar-refractivity contribution in [1.82, 2.24) is 0 Å². The van der Waals surface area contributed by atoms with Gasteiger partial charge in [-0.3, -0.25) is 0 Å². The first-order valence-corrected chi connectivity index (χ1v) is 11.0. The lowest BCUT2D eigenvalue weighted by atomic mass is 9.12. The summed E-state index contributed by atoms with van der Waals surface area (Å²) >= 11 is 0. The molecule has 0 aliphatic carbocycles. The van der Waals surface area contributed by atoms with Crippen LogP contribution in [0.1, 0.15) is 64.9 Å². The molecule has 0 unspecified atom stereocenters. The molecule has 1 aromatic heterocycles. The van der Waals surface area contributed by atoms with Crippen LogP contribution in [0.4, 0.5) is 0 Å². The van der Waals surface area contributed by atoms with Crippen molar-refractivity contribution in [2.45, 2.75) is 70.9 Å². The molecule has 3 aliphatic rings. The lowest BCUT2D eigenvalue weighted by Crippen LogP contribution is -2.74. The molecule has 0 amide bonds. The maximum Gasteiger partial charge on any atom is 0.311 e. The van der Waals surface area contributed by atoms with Gasteiger partial charge in [0.2, 0.25) is 0 Å². The first-order valence-electron chi connectivity index (χ1n) is 11.0. The van der Waals surface area contributed by atoms with Crippen LogP contribution in [0.2, 0.25) is 11.6 Å². The van der Waals surface area contributed by atoms with E-state index in [1.807, 2.05) is 0 Å². The Hall–Kier alpha value is -1.83. The molecule has 1 aromatic carbocycles. The highest BCUT2D eigenvalue weighted by Gasteiger charge is 2.58. The Morgan fingerprint density at radius 3 is 2.07 bits per heavy atom. The lowest BCUT2D eigenvalue weighted by Gasteiger charge is -2.57. The van der Waals surface area contributed by atoms with E-state index in [1.54, 1.807) is 5.47 Å². The topological polar surface area (TPSA) is 3.88 Å². The van der Waals surface area contributed by atoms with E-state index in [4.69, 9.17) is 0 Å². The molecule has 140 valence electrons. The van der Waals surface area contributed by atoms with E-state index in [-0.39, 0.29) is 5.41 Å². The van der Waals surface area contributed by atoms with Gasteiger partial charge in [0, 0.05) is 11.6 Å². The van der Waals surface area contributed by atoms with Crippen LogP contribution in [0, 0.1) is 5.41 Å². The summed E-state index contributed by atoms with van der Waals surface area (Å²) in [5, 5.41) is 0. The van der Waals surface area contributed by atoms with E-state index in [2.05, 4.69) is 80.0 Å². The summed E-state index contributed by atoms with van der Waals surface area (Å²) in [6, 6.07) is 16.0. The Morgan fingerprint density at radius 1 is 0.852 bits per heavy atom. The molecule has 1 spiro atoms. The number of hydrogen-bond donors (Lipinski definition) is 0. The number of benzene rings is 1. The Morgan fingerprint density at radius 2 is 1.44 bits per heavy atom. The normalized spacial score (nSPS) is 30.9. The van der Waals surface area contributed by atoms with Gasteiger partial charge in [0.25, 0.3) is 0 Å². The first kappa shape index (κ1) is 17.3. The van der Waals surface area contributed by atoms with Crippen LogP contribution in [0.25, 0.3) is 16.7 Å². The summed E-state index contributed by atoms with van der Waals surface area (Å²) in [5.41, 5.74) is 6.24. The molecular weight excluding hydrogens is 325 g/mol. The number of fused-ring (bicyclic) bond motifs is 3. The quantitative estimate of drug-likeness (QED) is 0.472. The predicted molar refractivity (Wildman–Crippen MR) is 116 cm³/mol. The fraction of sp³-hybridized carbons (Fsp3) is 0.480. The first-order chi connectivity index (χ1) is 13.0. The number of aromatic nitrogens is 1. The average molecular weight is 357 g/mol. The predicted octanol–water partition coefficient (Wildman–Crippen LogP) is 6.53. The molecule has 2 aromatic rings. The molecule has 1 nitrogen and oxygen atoms in total. The van der Waals surface area contributed by atoms with Gasteiger partial charge in [0.15, 0.2) is 5.69 Å². The molecule has 0 saturated carbocycles. The second-order valence-corrected chi connectivity index (χ2v) is 10.3. The third-order valence-corrected chi connectivity index (χ3v) is 7.69. The summed E-state index contributed by atoms with van der Waals surface area (Å²) in [4.78, 5) is 0. The maximum absolute atomic E-state index is 2.77. The molecule has 2 bridgehead atoms. The molecule has 27 heavy (non-hydrogen) atoms. The molecule has 5 rings (SSSR count). The SMILES string of the molecule is CC(C)(C)/C=C1\c2ccccc2-c2cccc[n+]2[B-]12C1CCCC2CCC1. The standard InChI is InChI=1S/C25H32BN/c1-25(2,3)18-23-21-14-4-5-15-22(21)24-16-6-7-17-27(24)26(23)19-10-8-11-20(26)13-9-12-19/h4-7,14-20H,8-13H2,1-3H3/b23-18+. The molecule has 0 radical (unpaired) electrons. The number of pyridine rings is 1. The third kappa shape index (κ3) is 2.48. The average Bonchev–Trinajstić information content (AvgIpc) is 2.64. The zero-order chi connectivity index (χ0) is 18.6. The van der Waals surface area contributed by atoms with Gasteiger partial charge >= 0.3 is 6.28 Å². The fourth-order valence-corrected chi connectivity index (χ4v) is 7.03. The van der Waals surface area contributed by atoms with Crippen molar-refractivity contribution >= 4 is 11.8 Å². The van der Waals surface area contributed by atoms with Crippen LogP contribution >= 0.6 is 0 Å². The number of nitrogens with zero attached hydrogens (tertiary/aromatic N) is 1. The van der Waals surface area contributed by atoms with E-state index >= 15 is 0 Å². The molecule has 4 heterocycles. The summed E-state index contributed by atoms with van der Waals surface area (Å²) in [7, 11) is 0. The number of rotatable bonds is 0. The Kier molecular flexibility index (Phi) is 3.90. The minimum absolute atomic E-state index is 0.190. The largest absolute Gasteiger partial charge is 0.415 e. The van der Waals surface area contributed by atoms with Gasteiger partial charge in [-0.2, -0.15) is 0 Å². The molecule has 2 heteroatoms. The summed E-state index contributed by atoms with van der Waals surface area (Å²) in [5.74, 6) is 1.65. The van der Waals surface area contributed by atoms with Gasteiger partial charge in [-0.05, 0) is 23.1 Å². The van der Waals surface area contributed by atoms with Crippen LogP contribution in [0.15, 0.2) is 54.7 Å². The van der Waals surface area contributed by atoms with E-state index in [0.717, 1.165) is 11.6 Å². The van der Waals surface area contributed by atoms with Gasteiger partial charge in [-0.15, -0.1) is 11.5 Å². The Balaban J connectivity index is 1.89. The van der Waals surface area contributed by atoms with E-state index in [1.165, 1.54) is 55.3 Å². The third-order valence-electron chi connectivity index (χ3n) is 7.69. The van der Waals surface area contributed by atoms with Crippen molar-refractivity contribution in [3.05, 3.63) is 60.3 Å². The van der Waals surface area contributed by atoms with Gasteiger partial charge in [0.05, 0.1) is 0 Å². The molecule has 3 aliphatic heterocycles. The molecule has 2 saturated heterocycles.